The quantitative estimate of drug-likeness (QED) is 0.151. The molecular formula is C68H48N4. The molecule has 12 aromatic carbocycles. The van der Waals surface area contributed by atoms with Crippen molar-refractivity contribution in [1.29, 1.82) is 0 Å². The van der Waals surface area contributed by atoms with Crippen molar-refractivity contribution < 1.29 is 0 Å². The molecule has 0 saturated heterocycles. The van der Waals surface area contributed by atoms with E-state index in [0.717, 1.165) is 34.1 Å². The molecule has 0 bridgehead atoms. The topological polar surface area (TPSA) is 16.3 Å². The summed E-state index contributed by atoms with van der Waals surface area (Å²) in [6.07, 6.45) is 0. The van der Waals surface area contributed by atoms with Crippen molar-refractivity contribution in [2.45, 2.75) is 0 Å². The Morgan fingerprint density at radius 1 is 0.264 bits per heavy atom. The fraction of sp³-hybridized carbons (Fsp3) is 0.0294. The van der Waals surface area contributed by atoms with Gasteiger partial charge in [-0.1, -0.05) is 182 Å². The van der Waals surface area contributed by atoms with E-state index in [2.05, 4.69) is 288 Å². The van der Waals surface area contributed by atoms with Crippen molar-refractivity contribution in [3.05, 3.63) is 255 Å². The molecule has 72 heavy (non-hydrogen) atoms. The van der Waals surface area contributed by atoms with Gasteiger partial charge in [-0.05, 0) is 117 Å². The zero-order chi connectivity index (χ0) is 47.9. The average Bonchev–Trinajstić information content (AvgIpc) is 3.91. The molecule has 0 amide bonds. The van der Waals surface area contributed by atoms with E-state index in [0.29, 0.717) is 0 Å². The lowest BCUT2D eigenvalue weighted by molar-refractivity contribution is 0.987. The van der Waals surface area contributed by atoms with E-state index >= 15 is 0 Å². The number of anilines is 6. The molecule has 0 fully saturated rings. The Morgan fingerprint density at radius 3 is 0.917 bits per heavy atom. The summed E-state index contributed by atoms with van der Waals surface area (Å²) < 4.78 is 4.90. The minimum absolute atomic E-state index is 1.12. The maximum atomic E-state index is 2.45. The Labute approximate surface area is 418 Å². The number of aromatic nitrogens is 2. The largest absolute Gasteiger partial charge is 0.342 e. The highest BCUT2D eigenvalue weighted by Crippen LogP contribution is 2.48. The zero-order valence-corrected chi connectivity index (χ0v) is 40.0. The van der Waals surface area contributed by atoms with Crippen molar-refractivity contribution in [3.63, 3.8) is 0 Å². The van der Waals surface area contributed by atoms with Gasteiger partial charge >= 0.3 is 0 Å². The standard InChI is InChI=1S/C68H48N4/c1-69-63-43-45(51-39-41-61(55-31-17-15-29-53(51)55)71(47-21-7-3-8-22-47)48-23-9-4-10-24-48)35-37-59(63)65-57-33-19-20-34-58(57)66-60-38-36-46(44-64(60)70(2)68(66)67(65)69)52-40-42-62(56-32-18-16-30-54(52)56)72(49-25-11-5-12-26-49)50-27-13-6-14-28-50/h3-44H,1-2H3. The number of benzene rings is 12. The molecule has 2 heterocycles. The summed E-state index contributed by atoms with van der Waals surface area (Å²) in [5.41, 5.74) is 16.5. The highest BCUT2D eigenvalue weighted by molar-refractivity contribution is 6.36. The maximum Gasteiger partial charge on any atom is 0.0742 e. The van der Waals surface area contributed by atoms with E-state index in [1.54, 1.807) is 0 Å². The Hall–Kier alpha value is -9.38. The first-order valence-corrected chi connectivity index (χ1v) is 24.8. The minimum Gasteiger partial charge on any atom is -0.342 e. The first kappa shape index (κ1) is 41.6. The van der Waals surface area contributed by atoms with Gasteiger partial charge in [0.15, 0.2) is 0 Å². The molecule has 2 aromatic heterocycles. The molecule has 340 valence electrons. The summed E-state index contributed by atoms with van der Waals surface area (Å²) in [7, 11) is 4.51. The summed E-state index contributed by atoms with van der Waals surface area (Å²) in [5, 5.41) is 12.5. The van der Waals surface area contributed by atoms with Crippen molar-refractivity contribution in [2.24, 2.45) is 14.1 Å². The summed E-state index contributed by atoms with van der Waals surface area (Å²) >= 11 is 0. The number of aryl methyl sites for hydroxylation is 2. The van der Waals surface area contributed by atoms with E-state index in [1.807, 2.05) is 0 Å². The summed E-state index contributed by atoms with van der Waals surface area (Å²) in [5.74, 6) is 0. The number of fused-ring (bicyclic) bond motifs is 12. The number of hydrogen-bond acceptors (Lipinski definition) is 2. The van der Waals surface area contributed by atoms with Crippen molar-refractivity contribution in [1.82, 2.24) is 9.13 Å². The predicted molar refractivity (Wildman–Crippen MR) is 307 cm³/mol. The monoisotopic (exact) mass is 920 g/mol. The number of rotatable bonds is 8. The fourth-order valence-corrected chi connectivity index (χ4v) is 11.8. The van der Waals surface area contributed by atoms with Gasteiger partial charge in [-0.3, -0.25) is 0 Å². The van der Waals surface area contributed by atoms with Crippen LogP contribution in [0, 0.1) is 0 Å². The molecule has 0 atom stereocenters. The number of hydrogen-bond donors (Lipinski definition) is 0. The molecule has 0 saturated carbocycles. The van der Waals surface area contributed by atoms with E-state index in [-0.39, 0.29) is 0 Å². The van der Waals surface area contributed by atoms with Gasteiger partial charge in [-0.2, -0.15) is 0 Å². The first-order valence-electron chi connectivity index (χ1n) is 24.8. The highest BCUT2D eigenvalue weighted by atomic mass is 15.1. The highest BCUT2D eigenvalue weighted by Gasteiger charge is 2.24. The molecule has 0 aliphatic rings. The van der Waals surface area contributed by atoms with Crippen LogP contribution in [0.1, 0.15) is 0 Å². The zero-order valence-electron chi connectivity index (χ0n) is 40.0. The van der Waals surface area contributed by atoms with Crippen LogP contribution in [-0.4, -0.2) is 9.13 Å². The van der Waals surface area contributed by atoms with Crippen LogP contribution in [0.2, 0.25) is 0 Å². The lowest BCUT2D eigenvalue weighted by Gasteiger charge is -2.27. The number of nitrogens with zero attached hydrogens (tertiary/aromatic N) is 4. The smallest absolute Gasteiger partial charge is 0.0742 e. The van der Waals surface area contributed by atoms with Crippen LogP contribution < -0.4 is 9.80 Å². The van der Waals surface area contributed by atoms with Gasteiger partial charge in [0.05, 0.1) is 22.4 Å². The average molecular weight is 921 g/mol. The number of para-hydroxylation sites is 4. The molecular weight excluding hydrogens is 873 g/mol. The molecule has 0 aliphatic heterocycles. The molecule has 0 N–H and O–H groups in total. The molecule has 0 aliphatic carbocycles. The summed E-state index contributed by atoms with van der Waals surface area (Å²) in [6, 6.07) is 92.9. The lowest BCUT2D eigenvalue weighted by atomic mass is 9.94. The van der Waals surface area contributed by atoms with Gasteiger partial charge in [0.1, 0.15) is 0 Å². The summed E-state index contributed by atoms with van der Waals surface area (Å²) in [4.78, 5) is 4.74. The van der Waals surface area contributed by atoms with Gasteiger partial charge < -0.3 is 18.9 Å². The SMILES string of the molecule is Cn1c2cc(-c3ccc(N(c4ccccc4)c4ccccc4)c4ccccc34)ccc2c2c3ccccc3c3c4ccc(-c5ccc(N(c6ccccc6)c6ccccc6)c6ccccc56)cc4n(C)c3c21. The van der Waals surface area contributed by atoms with E-state index in [9.17, 15) is 0 Å². The van der Waals surface area contributed by atoms with E-state index < -0.39 is 0 Å². The third-order valence-electron chi connectivity index (χ3n) is 15.1. The van der Waals surface area contributed by atoms with Crippen molar-refractivity contribution in [3.8, 4) is 22.3 Å². The Balaban J connectivity index is 0.939. The molecule has 14 aromatic rings. The molecule has 0 unspecified atom stereocenters. The van der Waals surface area contributed by atoms with Gasteiger partial charge in [-0.25, -0.2) is 0 Å². The second-order valence-corrected chi connectivity index (χ2v) is 18.9. The van der Waals surface area contributed by atoms with Gasteiger partial charge in [0, 0.05) is 80.2 Å². The van der Waals surface area contributed by atoms with Crippen LogP contribution in [0.4, 0.5) is 34.1 Å². The van der Waals surface area contributed by atoms with E-state index in [4.69, 9.17) is 0 Å². The molecule has 0 radical (unpaired) electrons. The van der Waals surface area contributed by atoms with Crippen LogP contribution in [0.3, 0.4) is 0 Å². The van der Waals surface area contributed by atoms with Crippen LogP contribution >= 0.6 is 0 Å². The van der Waals surface area contributed by atoms with Crippen molar-refractivity contribution in [2.75, 3.05) is 9.80 Å². The fourth-order valence-electron chi connectivity index (χ4n) is 11.8. The van der Waals surface area contributed by atoms with Gasteiger partial charge in [0.25, 0.3) is 0 Å². The normalized spacial score (nSPS) is 11.8. The molecule has 4 nitrogen and oxygen atoms in total. The minimum atomic E-state index is 1.12. The summed E-state index contributed by atoms with van der Waals surface area (Å²) in [6.45, 7) is 0. The van der Waals surface area contributed by atoms with Crippen molar-refractivity contribution >= 4 is 110 Å². The van der Waals surface area contributed by atoms with Crippen LogP contribution in [0.15, 0.2) is 255 Å². The van der Waals surface area contributed by atoms with Crippen LogP contribution in [0.25, 0.3) is 98.2 Å². The van der Waals surface area contributed by atoms with Gasteiger partial charge in [0.2, 0.25) is 0 Å². The van der Waals surface area contributed by atoms with Crippen LogP contribution in [-0.2, 0) is 14.1 Å². The third-order valence-corrected chi connectivity index (χ3v) is 15.1. The lowest BCUT2D eigenvalue weighted by Crippen LogP contribution is -2.10. The van der Waals surface area contributed by atoms with E-state index in [1.165, 1.54) is 98.2 Å². The van der Waals surface area contributed by atoms with Crippen LogP contribution in [0.5, 0.6) is 0 Å². The third kappa shape index (κ3) is 6.39. The second-order valence-electron chi connectivity index (χ2n) is 18.9. The Kier molecular flexibility index (Phi) is 9.62. The predicted octanol–water partition coefficient (Wildman–Crippen LogP) is 18.7. The molecule has 0 spiro atoms. The maximum absolute atomic E-state index is 2.45. The Morgan fingerprint density at radius 2 is 0.569 bits per heavy atom. The second kappa shape index (κ2) is 16.6. The molecule has 14 rings (SSSR count). The first-order chi connectivity index (χ1) is 35.6. The molecule has 4 heteroatoms. The van der Waals surface area contributed by atoms with Gasteiger partial charge in [-0.15, -0.1) is 0 Å². The Bertz CT molecular complexity index is 4040.